The summed E-state index contributed by atoms with van der Waals surface area (Å²) in [5, 5.41) is 6.53. The van der Waals surface area contributed by atoms with Crippen LogP contribution in [0.2, 0.25) is 0 Å². The van der Waals surface area contributed by atoms with Gasteiger partial charge in [0.15, 0.2) is 0 Å². The van der Waals surface area contributed by atoms with Gasteiger partial charge in [0.05, 0.1) is 24.6 Å². The molecule has 0 saturated carbocycles. The molecule has 4 rings (SSSR count). The molecule has 160 valence electrons. The summed E-state index contributed by atoms with van der Waals surface area (Å²) in [4.78, 5) is 3.37. The zero-order valence-electron chi connectivity index (χ0n) is 16.7. The summed E-state index contributed by atoms with van der Waals surface area (Å²) in [6.45, 7) is 5.08. The molecule has 1 aromatic carbocycles. The molecule has 1 fully saturated rings. The third kappa shape index (κ3) is 5.35. The lowest BCUT2D eigenvalue weighted by Crippen LogP contribution is -2.38. The van der Waals surface area contributed by atoms with E-state index < -0.39 is 10.0 Å². The summed E-state index contributed by atoms with van der Waals surface area (Å²) < 4.78 is 36.0. The zero-order valence-corrected chi connectivity index (χ0v) is 18.4. The Morgan fingerprint density at radius 1 is 1.10 bits per heavy atom. The van der Waals surface area contributed by atoms with Gasteiger partial charge in [-0.1, -0.05) is 36.4 Å². The summed E-state index contributed by atoms with van der Waals surface area (Å²) >= 11 is 1.49. The van der Waals surface area contributed by atoms with Crippen molar-refractivity contribution in [3.63, 3.8) is 0 Å². The van der Waals surface area contributed by atoms with Crippen molar-refractivity contribution in [3.05, 3.63) is 59.6 Å². The summed E-state index contributed by atoms with van der Waals surface area (Å²) in [5.41, 5.74) is 1.57. The topological polar surface area (TPSA) is 76.5 Å². The number of sulfonamides is 1. The molecule has 9 heteroatoms. The van der Waals surface area contributed by atoms with E-state index in [1.807, 2.05) is 47.8 Å². The summed E-state index contributed by atoms with van der Waals surface area (Å²) in [6.07, 6.45) is 2.39. The Balaban J connectivity index is 1.47. The highest BCUT2D eigenvalue weighted by atomic mass is 32.2. The van der Waals surface area contributed by atoms with Gasteiger partial charge in [0, 0.05) is 25.8 Å². The number of hydrogen-bond donors (Lipinski definition) is 1. The molecule has 0 aliphatic carbocycles. The van der Waals surface area contributed by atoms with Gasteiger partial charge in [0.2, 0.25) is 10.0 Å². The fourth-order valence-corrected chi connectivity index (χ4v) is 5.47. The second-order valence-corrected chi connectivity index (χ2v) is 9.89. The van der Waals surface area contributed by atoms with Gasteiger partial charge in [-0.15, -0.1) is 11.3 Å². The number of benzene rings is 1. The van der Waals surface area contributed by atoms with Crippen LogP contribution in [0.4, 0.5) is 0 Å². The van der Waals surface area contributed by atoms with Gasteiger partial charge < -0.3 is 4.74 Å². The maximum absolute atomic E-state index is 13.1. The number of nitrogens with one attached hydrogen (secondary N) is 1. The second-order valence-electron chi connectivity index (χ2n) is 7.21. The number of thiophene rings is 1. The Bertz CT molecular complexity index is 1030. The van der Waals surface area contributed by atoms with E-state index in [1.165, 1.54) is 11.3 Å². The van der Waals surface area contributed by atoms with E-state index in [-0.39, 0.29) is 4.90 Å². The average Bonchev–Trinajstić information content (AvgIpc) is 3.43. The average molecular weight is 447 g/mol. The molecule has 1 aliphatic rings. The molecule has 1 saturated heterocycles. The lowest BCUT2D eigenvalue weighted by atomic mass is 10.2. The molecule has 1 N–H and O–H groups in total. The Kier molecular flexibility index (Phi) is 6.96. The van der Waals surface area contributed by atoms with Gasteiger partial charge in [0.1, 0.15) is 10.6 Å². The lowest BCUT2D eigenvalue weighted by Gasteiger charge is -2.26. The van der Waals surface area contributed by atoms with E-state index in [9.17, 15) is 8.42 Å². The van der Waals surface area contributed by atoms with Crippen LogP contribution < -0.4 is 4.72 Å². The van der Waals surface area contributed by atoms with E-state index in [1.54, 1.807) is 10.9 Å². The molecule has 2 aromatic heterocycles. The Morgan fingerprint density at radius 3 is 2.63 bits per heavy atom. The van der Waals surface area contributed by atoms with E-state index in [4.69, 9.17) is 4.74 Å². The van der Waals surface area contributed by atoms with Gasteiger partial charge in [-0.05, 0) is 30.0 Å². The maximum Gasteiger partial charge on any atom is 0.244 e. The Hall–Kier alpha value is -2.04. The van der Waals surface area contributed by atoms with Crippen LogP contribution in [0.1, 0.15) is 12.0 Å². The van der Waals surface area contributed by atoms with Gasteiger partial charge in [-0.2, -0.15) is 5.10 Å². The molecule has 0 atom stereocenters. The van der Waals surface area contributed by atoms with Crippen LogP contribution in [0, 0.1) is 0 Å². The number of aromatic nitrogens is 2. The van der Waals surface area contributed by atoms with Crippen LogP contribution in [0.25, 0.3) is 10.6 Å². The van der Waals surface area contributed by atoms with Crippen LogP contribution in [-0.2, 0) is 21.3 Å². The SMILES string of the molecule is O=S(=O)(NCCCN1CCOCC1)c1cn(Cc2ccccc2)nc1-c1cccs1. The second kappa shape index (κ2) is 9.84. The first-order valence-corrected chi connectivity index (χ1v) is 12.4. The van der Waals surface area contributed by atoms with Gasteiger partial charge in [-0.3, -0.25) is 9.58 Å². The first-order valence-electron chi connectivity index (χ1n) is 10.1. The molecule has 1 aliphatic heterocycles. The molecule has 0 radical (unpaired) electrons. The van der Waals surface area contributed by atoms with E-state index in [2.05, 4.69) is 14.7 Å². The van der Waals surface area contributed by atoms with Gasteiger partial charge in [0.25, 0.3) is 0 Å². The Labute approximate surface area is 181 Å². The first-order chi connectivity index (χ1) is 14.6. The smallest absolute Gasteiger partial charge is 0.244 e. The maximum atomic E-state index is 13.1. The standard InChI is InChI=1S/C21H26N4O3S2/c26-30(27,22-9-5-10-24-11-13-28-14-12-24)20-17-25(16-18-6-2-1-3-7-18)23-21(20)19-8-4-15-29-19/h1-4,6-8,15,17,22H,5,9-14,16H2. The highest BCUT2D eigenvalue weighted by molar-refractivity contribution is 7.89. The molecule has 3 heterocycles. The van der Waals surface area contributed by atoms with Crippen LogP contribution in [-0.4, -0.2) is 62.5 Å². The quantitative estimate of drug-likeness (QED) is 0.512. The number of morpholine rings is 1. The first kappa shape index (κ1) is 21.2. The molecule has 0 unspecified atom stereocenters. The summed E-state index contributed by atoms with van der Waals surface area (Å²) in [7, 11) is -3.66. The van der Waals surface area contributed by atoms with E-state index in [0.29, 0.717) is 18.8 Å². The van der Waals surface area contributed by atoms with E-state index in [0.717, 1.165) is 49.7 Å². The minimum Gasteiger partial charge on any atom is -0.379 e. The fourth-order valence-electron chi connectivity index (χ4n) is 3.45. The number of hydrogen-bond acceptors (Lipinski definition) is 6. The number of nitrogens with zero attached hydrogens (tertiary/aromatic N) is 3. The fraction of sp³-hybridized carbons (Fsp3) is 0.381. The van der Waals surface area contributed by atoms with Crippen molar-refractivity contribution in [2.75, 3.05) is 39.4 Å². The summed E-state index contributed by atoms with van der Waals surface area (Å²) in [6, 6.07) is 13.7. The van der Waals surface area contributed by atoms with Crippen molar-refractivity contribution in [3.8, 4) is 10.6 Å². The highest BCUT2D eigenvalue weighted by Gasteiger charge is 2.24. The van der Waals surface area contributed by atoms with Crippen LogP contribution in [0.15, 0.2) is 58.9 Å². The van der Waals surface area contributed by atoms with Crippen LogP contribution in [0.3, 0.4) is 0 Å². The van der Waals surface area contributed by atoms with Gasteiger partial charge in [-0.25, -0.2) is 13.1 Å². The van der Waals surface area contributed by atoms with Crippen LogP contribution in [0.5, 0.6) is 0 Å². The van der Waals surface area contributed by atoms with Crippen molar-refractivity contribution >= 4 is 21.4 Å². The van der Waals surface area contributed by atoms with Crippen LogP contribution >= 0.6 is 11.3 Å². The minimum absolute atomic E-state index is 0.229. The monoisotopic (exact) mass is 446 g/mol. The third-order valence-corrected chi connectivity index (χ3v) is 7.35. The normalized spacial score (nSPS) is 15.5. The largest absolute Gasteiger partial charge is 0.379 e. The predicted molar refractivity (Wildman–Crippen MR) is 118 cm³/mol. The molecule has 7 nitrogen and oxygen atoms in total. The molecule has 0 amide bonds. The molecule has 0 spiro atoms. The van der Waals surface area contributed by atoms with Crippen molar-refractivity contribution in [2.45, 2.75) is 17.9 Å². The van der Waals surface area contributed by atoms with Crippen molar-refractivity contribution < 1.29 is 13.2 Å². The molecule has 3 aromatic rings. The van der Waals surface area contributed by atoms with Crippen molar-refractivity contribution in [1.29, 1.82) is 0 Å². The number of ether oxygens (including phenoxy) is 1. The van der Waals surface area contributed by atoms with Crippen molar-refractivity contribution in [2.24, 2.45) is 0 Å². The Morgan fingerprint density at radius 2 is 1.90 bits per heavy atom. The summed E-state index contributed by atoms with van der Waals surface area (Å²) in [5.74, 6) is 0. The third-order valence-electron chi connectivity index (χ3n) is 5.01. The van der Waals surface area contributed by atoms with E-state index >= 15 is 0 Å². The molecular formula is C21H26N4O3S2. The van der Waals surface area contributed by atoms with Crippen molar-refractivity contribution in [1.82, 2.24) is 19.4 Å². The minimum atomic E-state index is -3.66. The molecule has 30 heavy (non-hydrogen) atoms. The zero-order chi connectivity index (χ0) is 20.8. The molecule has 0 bridgehead atoms. The van der Waals surface area contributed by atoms with Gasteiger partial charge >= 0.3 is 0 Å². The highest BCUT2D eigenvalue weighted by Crippen LogP contribution is 2.29. The number of rotatable bonds is 9. The predicted octanol–water partition coefficient (Wildman–Crippen LogP) is 2.66. The molecular weight excluding hydrogens is 420 g/mol. The lowest BCUT2D eigenvalue weighted by molar-refractivity contribution is 0.0376.